The van der Waals surface area contributed by atoms with E-state index in [0.29, 0.717) is 17.2 Å². The summed E-state index contributed by atoms with van der Waals surface area (Å²) in [5, 5.41) is 6.70. The molecule has 0 saturated carbocycles. The van der Waals surface area contributed by atoms with Gasteiger partial charge >= 0.3 is 0 Å². The average molecular weight is 388 g/mol. The minimum absolute atomic E-state index is 0.0468. The quantitative estimate of drug-likeness (QED) is 0.572. The highest BCUT2D eigenvalue weighted by atomic mass is 16.5. The molecule has 1 fully saturated rings. The van der Waals surface area contributed by atoms with Crippen LogP contribution in [0.15, 0.2) is 60.7 Å². The van der Waals surface area contributed by atoms with Crippen LogP contribution in [0.25, 0.3) is 11.4 Å². The summed E-state index contributed by atoms with van der Waals surface area (Å²) >= 11 is 0. The second-order valence-corrected chi connectivity index (χ2v) is 7.10. The molecular weight excluding hydrogens is 364 g/mol. The molecule has 1 aliphatic heterocycles. The molecule has 1 unspecified atom stereocenters. The van der Waals surface area contributed by atoms with Crippen molar-refractivity contribution in [2.75, 3.05) is 23.8 Å². The van der Waals surface area contributed by atoms with Gasteiger partial charge in [0.25, 0.3) is 0 Å². The fourth-order valence-electron chi connectivity index (χ4n) is 3.28. The van der Waals surface area contributed by atoms with Crippen molar-refractivity contribution in [2.45, 2.75) is 25.9 Å². The molecule has 2 N–H and O–H groups in total. The molecule has 148 valence electrons. The van der Waals surface area contributed by atoms with Gasteiger partial charge in [0.1, 0.15) is 11.6 Å². The lowest BCUT2D eigenvalue weighted by atomic mass is 10.1. The maximum atomic E-state index is 11.5. The number of aromatic nitrogens is 2. The normalized spacial score (nSPS) is 15.8. The molecule has 0 radical (unpaired) electrons. The Morgan fingerprint density at radius 2 is 1.83 bits per heavy atom. The van der Waals surface area contributed by atoms with Gasteiger partial charge < -0.3 is 15.4 Å². The zero-order valence-electron chi connectivity index (χ0n) is 16.4. The second-order valence-electron chi connectivity index (χ2n) is 7.10. The second kappa shape index (κ2) is 8.84. The van der Waals surface area contributed by atoms with Crippen LogP contribution in [0.2, 0.25) is 0 Å². The number of nitrogens with zero attached hydrogens (tertiary/aromatic N) is 2. The van der Waals surface area contributed by atoms with Crippen molar-refractivity contribution in [3.8, 4) is 11.4 Å². The van der Waals surface area contributed by atoms with E-state index in [2.05, 4.69) is 20.6 Å². The summed E-state index contributed by atoms with van der Waals surface area (Å²) in [5.41, 5.74) is 2.49. The molecule has 2 aromatic carbocycles. The highest BCUT2D eigenvalue weighted by Crippen LogP contribution is 2.23. The zero-order chi connectivity index (χ0) is 20.1. The Kier molecular flexibility index (Phi) is 5.81. The molecule has 6 heteroatoms. The van der Waals surface area contributed by atoms with Crippen LogP contribution in [0, 0.1) is 0 Å². The molecule has 1 saturated heterocycles. The van der Waals surface area contributed by atoms with Crippen molar-refractivity contribution in [2.24, 2.45) is 0 Å². The molecule has 2 heterocycles. The van der Waals surface area contributed by atoms with E-state index in [4.69, 9.17) is 4.74 Å². The number of rotatable bonds is 7. The van der Waals surface area contributed by atoms with Gasteiger partial charge in [-0.05, 0) is 44.0 Å². The van der Waals surface area contributed by atoms with Crippen molar-refractivity contribution in [1.82, 2.24) is 9.97 Å². The summed E-state index contributed by atoms with van der Waals surface area (Å²) in [6.07, 6.45) is 2.40. The highest BCUT2D eigenvalue weighted by molar-refractivity contribution is 5.94. The first kappa shape index (κ1) is 19.1. The van der Waals surface area contributed by atoms with Gasteiger partial charge in [0.05, 0.1) is 6.10 Å². The van der Waals surface area contributed by atoms with E-state index in [1.807, 2.05) is 48.5 Å². The van der Waals surface area contributed by atoms with Crippen LogP contribution in [0.5, 0.6) is 0 Å². The Labute approximate surface area is 170 Å². The number of hydrogen-bond donors (Lipinski definition) is 2. The first-order valence-corrected chi connectivity index (χ1v) is 9.85. The minimum atomic E-state index is 0.0468. The summed E-state index contributed by atoms with van der Waals surface area (Å²) < 4.78 is 5.70. The maximum Gasteiger partial charge on any atom is 0.163 e. The molecule has 0 aliphatic carbocycles. The molecule has 3 aromatic rings. The third kappa shape index (κ3) is 4.97. The van der Waals surface area contributed by atoms with Crippen LogP contribution in [-0.2, 0) is 4.74 Å². The largest absolute Gasteiger partial charge is 0.376 e. The summed E-state index contributed by atoms with van der Waals surface area (Å²) in [5.74, 6) is 2.12. The lowest BCUT2D eigenvalue weighted by Gasteiger charge is -2.14. The lowest BCUT2D eigenvalue weighted by molar-refractivity contribution is 0.101. The van der Waals surface area contributed by atoms with Crippen LogP contribution < -0.4 is 10.6 Å². The van der Waals surface area contributed by atoms with Crippen LogP contribution in [0.3, 0.4) is 0 Å². The van der Waals surface area contributed by atoms with E-state index < -0.39 is 0 Å². The zero-order valence-corrected chi connectivity index (χ0v) is 16.4. The molecule has 1 atom stereocenters. The summed E-state index contributed by atoms with van der Waals surface area (Å²) in [6.45, 7) is 3.11. The van der Waals surface area contributed by atoms with Crippen molar-refractivity contribution in [1.29, 1.82) is 0 Å². The van der Waals surface area contributed by atoms with Crippen LogP contribution in [-0.4, -0.2) is 35.0 Å². The minimum Gasteiger partial charge on any atom is -0.376 e. The summed E-state index contributed by atoms with van der Waals surface area (Å²) in [6, 6.07) is 19.1. The Balaban J connectivity index is 1.58. The average Bonchev–Trinajstić information content (AvgIpc) is 3.27. The topological polar surface area (TPSA) is 76.1 Å². The Bertz CT molecular complexity index is 968. The van der Waals surface area contributed by atoms with Crippen molar-refractivity contribution in [3.63, 3.8) is 0 Å². The molecule has 29 heavy (non-hydrogen) atoms. The predicted molar refractivity (Wildman–Crippen MR) is 115 cm³/mol. The number of Topliss-reactive ketones (excluding diaryl/α,β-unsaturated/α-hetero) is 1. The van der Waals surface area contributed by atoms with E-state index in [1.54, 1.807) is 19.1 Å². The van der Waals surface area contributed by atoms with Crippen molar-refractivity contribution < 1.29 is 9.53 Å². The fraction of sp³-hybridized carbons (Fsp3) is 0.261. The molecule has 6 nitrogen and oxygen atoms in total. The van der Waals surface area contributed by atoms with Crippen LogP contribution in [0.4, 0.5) is 17.3 Å². The SMILES string of the molecule is CC(=O)c1ccc(Nc2cc(NCC3CCCO3)nc(-c3ccccc3)n2)cc1. The smallest absolute Gasteiger partial charge is 0.163 e. The molecule has 1 aromatic heterocycles. The Morgan fingerprint density at radius 1 is 1.07 bits per heavy atom. The van der Waals surface area contributed by atoms with Gasteiger partial charge in [-0.3, -0.25) is 4.79 Å². The Hall–Kier alpha value is -3.25. The van der Waals surface area contributed by atoms with E-state index in [0.717, 1.165) is 43.1 Å². The fourth-order valence-corrected chi connectivity index (χ4v) is 3.28. The number of carbonyl (C=O) groups is 1. The van der Waals surface area contributed by atoms with Crippen LogP contribution in [0.1, 0.15) is 30.1 Å². The van der Waals surface area contributed by atoms with Crippen molar-refractivity contribution in [3.05, 3.63) is 66.2 Å². The van der Waals surface area contributed by atoms with E-state index in [-0.39, 0.29) is 11.9 Å². The van der Waals surface area contributed by atoms with Gasteiger partial charge in [0.15, 0.2) is 11.6 Å². The third-order valence-corrected chi connectivity index (χ3v) is 4.86. The standard InChI is InChI=1S/C23H24N4O2/c1-16(28)17-9-11-19(12-10-17)25-22-14-21(24-15-20-8-5-13-29-20)26-23(27-22)18-6-3-2-4-7-18/h2-4,6-7,9-12,14,20H,5,8,13,15H2,1H3,(H2,24,25,26,27). The van der Waals surface area contributed by atoms with Crippen molar-refractivity contribution >= 4 is 23.1 Å². The van der Waals surface area contributed by atoms with E-state index in [9.17, 15) is 4.79 Å². The van der Waals surface area contributed by atoms with Gasteiger partial charge in [-0.25, -0.2) is 9.97 Å². The number of nitrogens with one attached hydrogen (secondary N) is 2. The Morgan fingerprint density at radius 3 is 2.52 bits per heavy atom. The first-order valence-electron chi connectivity index (χ1n) is 9.85. The maximum absolute atomic E-state index is 11.5. The van der Waals surface area contributed by atoms with Gasteiger partial charge in [-0.1, -0.05) is 30.3 Å². The number of carbonyl (C=O) groups excluding carboxylic acids is 1. The van der Waals surface area contributed by atoms with Gasteiger partial charge in [0, 0.05) is 36.0 Å². The molecule has 1 aliphatic rings. The number of benzene rings is 2. The molecule has 0 amide bonds. The molecule has 4 rings (SSSR count). The number of ketones is 1. The van der Waals surface area contributed by atoms with Gasteiger partial charge in [-0.2, -0.15) is 0 Å². The molecule has 0 bridgehead atoms. The van der Waals surface area contributed by atoms with E-state index in [1.165, 1.54) is 0 Å². The number of ether oxygens (including phenoxy) is 1. The predicted octanol–water partition coefficient (Wildman–Crippen LogP) is 4.68. The molecule has 0 spiro atoms. The lowest BCUT2D eigenvalue weighted by Crippen LogP contribution is -2.19. The van der Waals surface area contributed by atoms with Crippen LogP contribution >= 0.6 is 0 Å². The third-order valence-electron chi connectivity index (χ3n) is 4.86. The van der Waals surface area contributed by atoms with E-state index >= 15 is 0 Å². The van der Waals surface area contributed by atoms with Gasteiger partial charge in [0.2, 0.25) is 0 Å². The molecular formula is C23H24N4O2. The number of anilines is 3. The highest BCUT2D eigenvalue weighted by Gasteiger charge is 2.16. The summed E-state index contributed by atoms with van der Waals surface area (Å²) in [7, 11) is 0. The monoisotopic (exact) mass is 388 g/mol. The number of hydrogen-bond acceptors (Lipinski definition) is 6. The van der Waals surface area contributed by atoms with Gasteiger partial charge in [-0.15, -0.1) is 0 Å². The summed E-state index contributed by atoms with van der Waals surface area (Å²) in [4.78, 5) is 20.8. The first-order chi connectivity index (χ1) is 14.2.